The number of ether oxygens (including phenoxy) is 2. The predicted octanol–water partition coefficient (Wildman–Crippen LogP) is 1.52. The number of nitrogens with zero attached hydrogens (tertiary/aromatic N) is 1. The highest BCUT2D eigenvalue weighted by molar-refractivity contribution is 5.79. The first-order valence-electron chi connectivity index (χ1n) is 5.19. The molecule has 1 saturated heterocycles. The van der Waals surface area contributed by atoms with Crippen LogP contribution in [-0.2, 0) is 9.47 Å². The maximum Gasteiger partial charge on any atom is 0.104 e. The van der Waals surface area contributed by atoms with Gasteiger partial charge in [0.2, 0.25) is 0 Å². The molecule has 0 radical (unpaired) electrons. The van der Waals surface area contributed by atoms with Crippen LogP contribution in [-0.4, -0.2) is 38.7 Å². The van der Waals surface area contributed by atoms with Crippen LogP contribution in [0.5, 0.6) is 0 Å². The molecular formula is C12H15NO2. The number of epoxide rings is 1. The van der Waals surface area contributed by atoms with E-state index in [1.807, 2.05) is 36.5 Å². The summed E-state index contributed by atoms with van der Waals surface area (Å²) in [5.41, 5.74) is 1.13. The van der Waals surface area contributed by atoms with Crippen LogP contribution < -0.4 is 0 Å². The Hall–Kier alpha value is -1.19. The van der Waals surface area contributed by atoms with Crippen LogP contribution in [0.25, 0.3) is 0 Å². The van der Waals surface area contributed by atoms with Crippen molar-refractivity contribution < 1.29 is 9.47 Å². The maximum atomic E-state index is 5.36. The molecule has 1 aromatic carbocycles. The number of benzene rings is 1. The van der Waals surface area contributed by atoms with Crippen molar-refractivity contribution in [1.29, 1.82) is 0 Å². The first-order valence-corrected chi connectivity index (χ1v) is 5.19. The fraction of sp³-hybridized carbons (Fsp3) is 0.417. The van der Waals surface area contributed by atoms with Crippen molar-refractivity contribution in [2.75, 3.05) is 26.4 Å². The van der Waals surface area contributed by atoms with Crippen LogP contribution in [0, 0.1) is 0 Å². The van der Waals surface area contributed by atoms with E-state index in [9.17, 15) is 0 Å². The van der Waals surface area contributed by atoms with Crippen LogP contribution in [0.4, 0.5) is 0 Å². The summed E-state index contributed by atoms with van der Waals surface area (Å²) >= 11 is 0. The third-order valence-corrected chi connectivity index (χ3v) is 2.11. The summed E-state index contributed by atoms with van der Waals surface area (Å²) in [6, 6.07) is 10.1. The minimum absolute atomic E-state index is 0.350. The van der Waals surface area contributed by atoms with E-state index in [2.05, 4.69) is 4.99 Å². The summed E-state index contributed by atoms with van der Waals surface area (Å²) in [4.78, 5) is 4.27. The zero-order valence-electron chi connectivity index (χ0n) is 8.63. The average molecular weight is 205 g/mol. The average Bonchev–Trinajstić information content (AvgIpc) is 3.09. The van der Waals surface area contributed by atoms with Gasteiger partial charge in [-0.3, -0.25) is 4.99 Å². The fourth-order valence-electron chi connectivity index (χ4n) is 1.21. The molecule has 0 amide bonds. The van der Waals surface area contributed by atoms with E-state index in [-0.39, 0.29) is 0 Å². The molecule has 0 N–H and O–H groups in total. The Labute approximate surface area is 89.7 Å². The second-order valence-corrected chi connectivity index (χ2v) is 3.48. The van der Waals surface area contributed by atoms with E-state index in [0.29, 0.717) is 25.9 Å². The molecular weight excluding hydrogens is 190 g/mol. The van der Waals surface area contributed by atoms with Crippen molar-refractivity contribution in [3.63, 3.8) is 0 Å². The molecule has 1 aliphatic heterocycles. The van der Waals surface area contributed by atoms with Gasteiger partial charge >= 0.3 is 0 Å². The summed E-state index contributed by atoms with van der Waals surface area (Å²) in [7, 11) is 0. The van der Waals surface area contributed by atoms with Crippen LogP contribution in [0.3, 0.4) is 0 Å². The minimum atomic E-state index is 0.350. The van der Waals surface area contributed by atoms with Crippen molar-refractivity contribution in [2.45, 2.75) is 6.10 Å². The Bertz CT molecular complexity index is 307. The van der Waals surface area contributed by atoms with Crippen LogP contribution in [0.15, 0.2) is 35.3 Å². The standard InChI is InChI=1S/C12H15NO2/c1-2-4-11(5-3-1)8-13-6-7-14-9-12-10-15-12/h1-5,8,12H,6-7,9-10H2. The molecule has 3 heteroatoms. The molecule has 15 heavy (non-hydrogen) atoms. The predicted molar refractivity (Wildman–Crippen MR) is 59.5 cm³/mol. The quantitative estimate of drug-likeness (QED) is 0.401. The molecule has 1 fully saturated rings. The number of hydrogen-bond donors (Lipinski definition) is 0. The van der Waals surface area contributed by atoms with E-state index >= 15 is 0 Å². The van der Waals surface area contributed by atoms with Crippen LogP contribution in [0.2, 0.25) is 0 Å². The van der Waals surface area contributed by atoms with E-state index < -0.39 is 0 Å². The largest absolute Gasteiger partial charge is 0.377 e. The van der Waals surface area contributed by atoms with Gasteiger partial charge in [-0.1, -0.05) is 30.3 Å². The second kappa shape index (κ2) is 5.63. The zero-order valence-corrected chi connectivity index (χ0v) is 8.63. The van der Waals surface area contributed by atoms with Crippen LogP contribution in [0.1, 0.15) is 5.56 Å². The lowest BCUT2D eigenvalue weighted by atomic mass is 10.2. The molecule has 80 valence electrons. The molecule has 0 bridgehead atoms. The lowest BCUT2D eigenvalue weighted by molar-refractivity contribution is 0.123. The Morgan fingerprint density at radius 2 is 2.20 bits per heavy atom. The molecule has 1 unspecified atom stereocenters. The highest BCUT2D eigenvalue weighted by Crippen LogP contribution is 2.07. The van der Waals surface area contributed by atoms with Gasteiger partial charge in [0.05, 0.1) is 26.4 Å². The Morgan fingerprint density at radius 3 is 2.93 bits per heavy atom. The molecule has 1 aromatic rings. The van der Waals surface area contributed by atoms with Crippen molar-refractivity contribution >= 4 is 6.21 Å². The third-order valence-electron chi connectivity index (χ3n) is 2.11. The Morgan fingerprint density at radius 1 is 1.40 bits per heavy atom. The van der Waals surface area contributed by atoms with Gasteiger partial charge in [0.25, 0.3) is 0 Å². The zero-order chi connectivity index (χ0) is 10.3. The maximum absolute atomic E-state index is 5.36. The van der Waals surface area contributed by atoms with Gasteiger partial charge in [-0.2, -0.15) is 0 Å². The lowest BCUT2D eigenvalue weighted by Crippen LogP contribution is -2.04. The van der Waals surface area contributed by atoms with E-state index in [1.165, 1.54) is 0 Å². The normalized spacial score (nSPS) is 19.6. The van der Waals surface area contributed by atoms with Crippen molar-refractivity contribution in [3.8, 4) is 0 Å². The molecule has 1 heterocycles. The first kappa shape index (κ1) is 10.3. The molecule has 1 atom stereocenters. The minimum Gasteiger partial charge on any atom is -0.377 e. The SMILES string of the molecule is C(=NCCOCC1CO1)c1ccccc1. The molecule has 0 saturated carbocycles. The van der Waals surface area contributed by atoms with Gasteiger partial charge in [0, 0.05) is 6.21 Å². The summed E-state index contributed by atoms with van der Waals surface area (Å²) in [5, 5.41) is 0. The summed E-state index contributed by atoms with van der Waals surface area (Å²) < 4.78 is 10.4. The molecule has 0 aliphatic carbocycles. The number of rotatable bonds is 6. The van der Waals surface area contributed by atoms with Crippen LogP contribution >= 0.6 is 0 Å². The molecule has 1 aliphatic rings. The highest BCUT2D eigenvalue weighted by atomic mass is 16.6. The van der Waals surface area contributed by atoms with Gasteiger partial charge in [-0.05, 0) is 5.56 Å². The van der Waals surface area contributed by atoms with Gasteiger partial charge in [0.15, 0.2) is 0 Å². The van der Waals surface area contributed by atoms with E-state index in [0.717, 1.165) is 12.2 Å². The van der Waals surface area contributed by atoms with E-state index in [1.54, 1.807) is 0 Å². The molecule has 0 aromatic heterocycles. The number of hydrogen-bond acceptors (Lipinski definition) is 3. The third kappa shape index (κ3) is 4.23. The van der Waals surface area contributed by atoms with Crippen molar-refractivity contribution in [3.05, 3.63) is 35.9 Å². The molecule has 3 nitrogen and oxygen atoms in total. The van der Waals surface area contributed by atoms with Gasteiger partial charge in [-0.25, -0.2) is 0 Å². The summed E-state index contributed by atoms with van der Waals surface area (Å²) in [6.45, 7) is 2.94. The summed E-state index contributed by atoms with van der Waals surface area (Å²) in [5.74, 6) is 0. The van der Waals surface area contributed by atoms with Crippen molar-refractivity contribution in [1.82, 2.24) is 0 Å². The lowest BCUT2D eigenvalue weighted by Gasteiger charge is -1.97. The van der Waals surface area contributed by atoms with Gasteiger partial charge < -0.3 is 9.47 Å². The topological polar surface area (TPSA) is 34.1 Å². The van der Waals surface area contributed by atoms with E-state index in [4.69, 9.17) is 9.47 Å². The number of aliphatic imine (C=N–C) groups is 1. The van der Waals surface area contributed by atoms with Crippen molar-refractivity contribution in [2.24, 2.45) is 4.99 Å². The summed E-state index contributed by atoms with van der Waals surface area (Å²) in [6.07, 6.45) is 2.22. The highest BCUT2D eigenvalue weighted by Gasteiger charge is 2.21. The Balaban J connectivity index is 1.58. The van der Waals surface area contributed by atoms with Gasteiger partial charge in [-0.15, -0.1) is 0 Å². The molecule has 0 spiro atoms. The fourth-order valence-corrected chi connectivity index (χ4v) is 1.21. The smallest absolute Gasteiger partial charge is 0.104 e. The Kier molecular flexibility index (Phi) is 3.88. The molecule has 2 rings (SSSR count). The van der Waals surface area contributed by atoms with Gasteiger partial charge in [0.1, 0.15) is 6.10 Å². The second-order valence-electron chi connectivity index (χ2n) is 3.48. The monoisotopic (exact) mass is 205 g/mol. The first-order chi connectivity index (χ1) is 7.45.